The van der Waals surface area contributed by atoms with Gasteiger partial charge in [0, 0.05) is 29.3 Å². The molecule has 2 atom stereocenters. The van der Waals surface area contributed by atoms with Crippen molar-refractivity contribution in [2.75, 3.05) is 32.1 Å². The highest BCUT2D eigenvalue weighted by Gasteiger charge is 2.24. The lowest BCUT2D eigenvalue weighted by molar-refractivity contribution is 0.198. The standard InChI is InChI=1S/C14H21BrN2O/c1-10(18)13-5-4-11(8-14(13)15)17-7-6-12(9-17)16(2)3/h4-5,8,10,12,18H,6-7,9H2,1-3H3/t10-,12?/m1/s1. The van der Waals surface area contributed by atoms with Crippen LogP contribution in [0.2, 0.25) is 0 Å². The molecule has 1 N–H and O–H groups in total. The Hall–Kier alpha value is -0.580. The molecule has 3 nitrogen and oxygen atoms in total. The molecule has 4 heteroatoms. The van der Waals surface area contributed by atoms with E-state index in [1.807, 2.05) is 6.07 Å². The number of halogens is 1. The fourth-order valence-electron chi connectivity index (χ4n) is 2.45. The van der Waals surface area contributed by atoms with Crippen LogP contribution in [0.15, 0.2) is 22.7 Å². The third-order valence-corrected chi connectivity index (χ3v) is 4.38. The molecule has 1 fully saturated rings. The van der Waals surface area contributed by atoms with E-state index in [-0.39, 0.29) is 0 Å². The largest absolute Gasteiger partial charge is 0.389 e. The topological polar surface area (TPSA) is 26.7 Å². The zero-order valence-electron chi connectivity index (χ0n) is 11.2. The molecule has 0 aromatic heterocycles. The summed E-state index contributed by atoms with van der Waals surface area (Å²) in [5.74, 6) is 0. The van der Waals surface area contributed by atoms with Gasteiger partial charge in [0.15, 0.2) is 0 Å². The number of hydrogen-bond acceptors (Lipinski definition) is 3. The average Bonchev–Trinajstić information content (AvgIpc) is 2.77. The first-order valence-corrected chi connectivity index (χ1v) is 7.17. The van der Waals surface area contributed by atoms with Crippen molar-refractivity contribution in [3.63, 3.8) is 0 Å². The maximum absolute atomic E-state index is 9.63. The third kappa shape index (κ3) is 2.87. The number of likely N-dealkylation sites (N-methyl/N-ethyl adjacent to an activating group) is 1. The lowest BCUT2D eigenvalue weighted by Gasteiger charge is -2.22. The van der Waals surface area contributed by atoms with Gasteiger partial charge in [-0.05, 0) is 45.1 Å². The SMILES string of the molecule is C[C@@H](O)c1ccc(N2CCC(N(C)C)C2)cc1Br. The number of rotatable bonds is 3. The van der Waals surface area contributed by atoms with Crippen LogP contribution >= 0.6 is 15.9 Å². The predicted molar refractivity (Wildman–Crippen MR) is 79.1 cm³/mol. The molecule has 0 radical (unpaired) electrons. The number of aliphatic hydroxyl groups excluding tert-OH is 1. The van der Waals surface area contributed by atoms with E-state index in [0.29, 0.717) is 6.04 Å². The second-order valence-corrected chi connectivity index (χ2v) is 6.09. The Morgan fingerprint density at radius 2 is 2.17 bits per heavy atom. The number of aliphatic hydroxyl groups is 1. The molecule has 1 aromatic rings. The van der Waals surface area contributed by atoms with Crippen LogP contribution in [0.25, 0.3) is 0 Å². The van der Waals surface area contributed by atoms with Crippen molar-refractivity contribution in [2.45, 2.75) is 25.5 Å². The third-order valence-electron chi connectivity index (χ3n) is 3.69. The van der Waals surface area contributed by atoms with E-state index in [4.69, 9.17) is 0 Å². The molecule has 0 amide bonds. The van der Waals surface area contributed by atoms with Gasteiger partial charge in [0.1, 0.15) is 0 Å². The molecule has 1 heterocycles. The first kappa shape index (κ1) is 13.8. The summed E-state index contributed by atoms with van der Waals surface area (Å²) in [5, 5.41) is 9.63. The van der Waals surface area contributed by atoms with Crippen molar-refractivity contribution < 1.29 is 5.11 Å². The van der Waals surface area contributed by atoms with Crippen molar-refractivity contribution in [1.82, 2.24) is 4.90 Å². The maximum atomic E-state index is 9.63. The van der Waals surface area contributed by atoms with Crippen molar-refractivity contribution in [1.29, 1.82) is 0 Å². The summed E-state index contributed by atoms with van der Waals surface area (Å²) in [6.45, 7) is 3.97. The Balaban J connectivity index is 2.13. The molecular formula is C14H21BrN2O. The molecular weight excluding hydrogens is 292 g/mol. The van der Waals surface area contributed by atoms with Crippen LogP contribution in [0.3, 0.4) is 0 Å². The van der Waals surface area contributed by atoms with Gasteiger partial charge < -0.3 is 14.9 Å². The minimum atomic E-state index is -0.429. The highest BCUT2D eigenvalue weighted by molar-refractivity contribution is 9.10. The molecule has 18 heavy (non-hydrogen) atoms. The Morgan fingerprint density at radius 3 is 2.67 bits per heavy atom. The van der Waals surface area contributed by atoms with Gasteiger partial charge in [-0.1, -0.05) is 22.0 Å². The molecule has 0 bridgehead atoms. The van der Waals surface area contributed by atoms with Crippen molar-refractivity contribution >= 4 is 21.6 Å². The van der Waals surface area contributed by atoms with E-state index in [9.17, 15) is 5.11 Å². The summed E-state index contributed by atoms with van der Waals surface area (Å²) in [5.41, 5.74) is 2.18. The highest BCUT2D eigenvalue weighted by Crippen LogP contribution is 2.30. The van der Waals surface area contributed by atoms with E-state index in [1.54, 1.807) is 6.92 Å². The molecule has 1 unspecified atom stereocenters. The molecule has 100 valence electrons. The molecule has 1 aliphatic rings. The monoisotopic (exact) mass is 312 g/mol. The normalized spacial score (nSPS) is 21.7. The van der Waals surface area contributed by atoms with Crippen LogP contribution in [0.1, 0.15) is 25.0 Å². The number of hydrogen-bond donors (Lipinski definition) is 1. The van der Waals surface area contributed by atoms with Crippen LogP contribution in [-0.4, -0.2) is 43.2 Å². The van der Waals surface area contributed by atoms with E-state index in [0.717, 1.165) is 23.1 Å². The van der Waals surface area contributed by atoms with Gasteiger partial charge in [-0.15, -0.1) is 0 Å². The van der Waals surface area contributed by atoms with E-state index in [2.05, 4.69) is 52.0 Å². The van der Waals surface area contributed by atoms with E-state index < -0.39 is 6.10 Å². The zero-order chi connectivity index (χ0) is 13.3. The lowest BCUT2D eigenvalue weighted by atomic mass is 10.1. The van der Waals surface area contributed by atoms with Gasteiger partial charge >= 0.3 is 0 Å². The van der Waals surface area contributed by atoms with Crippen LogP contribution in [0.5, 0.6) is 0 Å². The van der Waals surface area contributed by atoms with Crippen molar-refractivity contribution in [2.24, 2.45) is 0 Å². The molecule has 0 aliphatic carbocycles. The Morgan fingerprint density at radius 1 is 1.44 bits per heavy atom. The molecule has 0 spiro atoms. The predicted octanol–water partition coefficient (Wildman–Crippen LogP) is 2.64. The fraction of sp³-hybridized carbons (Fsp3) is 0.571. The van der Waals surface area contributed by atoms with Crippen molar-refractivity contribution in [3.05, 3.63) is 28.2 Å². The quantitative estimate of drug-likeness (QED) is 0.929. The zero-order valence-corrected chi connectivity index (χ0v) is 12.8. The van der Waals surface area contributed by atoms with Gasteiger partial charge in [-0.2, -0.15) is 0 Å². The van der Waals surface area contributed by atoms with Gasteiger partial charge in [-0.25, -0.2) is 0 Å². The number of anilines is 1. The Labute approximate surface area is 118 Å². The molecule has 2 rings (SSSR count). The summed E-state index contributed by atoms with van der Waals surface area (Å²) in [4.78, 5) is 4.69. The molecule has 1 aromatic carbocycles. The minimum absolute atomic E-state index is 0.429. The van der Waals surface area contributed by atoms with Crippen LogP contribution in [0.4, 0.5) is 5.69 Å². The number of nitrogens with zero attached hydrogens (tertiary/aromatic N) is 2. The Bertz CT molecular complexity index is 420. The highest BCUT2D eigenvalue weighted by atomic mass is 79.9. The first-order chi connectivity index (χ1) is 8.49. The molecule has 0 saturated carbocycles. The van der Waals surface area contributed by atoms with Gasteiger partial charge in [0.05, 0.1) is 6.10 Å². The number of benzene rings is 1. The van der Waals surface area contributed by atoms with Gasteiger partial charge in [0.2, 0.25) is 0 Å². The fourth-order valence-corrected chi connectivity index (χ4v) is 3.15. The molecule has 1 aliphatic heterocycles. The van der Waals surface area contributed by atoms with Crippen LogP contribution in [-0.2, 0) is 0 Å². The second-order valence-electron chi connectivity index (χ2n) is 5.23. The minimum Gasteiger partial charge on any atom is -0.389 e. The van der Waals surface area contributed by atoms with Crippen LogP contribution < -0.4 is 4.90 Å². The molecule has 1 saturated heterocycles. The van der Waals surface area contributed by atoms with E-state index >= 15 is 0 Å². The summed E-state index contributed by atoms with van der Waals surface area (Å²) < 4.78 is 0.989. The summed E-state index contributed by atoms with van der Waals surface area (Å²) >= 11 is 3.54. The summed E-state index contributed by atoms with van der Waals surface area (Å²) in [7, 11) is 4.28. The second kappa shape index (κ2) is 5.59. The first-order valence-electron chi connectivity index (χ1n) is 6.38. The van der Waals surface area contributed by atoms with E-state index in [1.165, 1.54) is 12.1 Å². The smallest absolute Gasteiger partial charge is 0.0772 e. The lowest BCUT2D eigenvalue weighted by Crippen LogP contribution is -2.31. The van der Waals surface area contributed by atoms with Gasteiger partial charge in [-0.3, -0.25) is 0 Å². The maximum Gasteiger partial charge on any atom is 0.0772 e. The van der Waals surface area contributed by atoms with Gasteiger partial charge in [0.25, 0.3) is 0 Å². The summed E-state index contributed by atoms with van der Waals surface area (Å²) in [6, 6.07) is 6.86. The summed E-state index contributed by atoms with van der Waals surface area (Å²) in [6.07, 6.45) is 0.782. The van der Waals surface area contributed by atoms with Crippen LogP contribution in [0, 0.1) is 0 Å². The Kier molecular flexibility index (Phi) is 4.30. The van der Waals surface area contributed by atoms with Crippen molar-refractivity contribution in [3.8, 4) is 0 Å². The average molecular weight is 313 g/mol.